The molecule has 5 rings (SSSR count). The Morgan fingerprint density at radius 1 is 0.923 bits per heavy atom. The van der Waals surface area contributed by atoms with E-state index in [9.17, 15) is 0 Å². The van der Waals surface area contributed by atoms with Crippen LogP contribution in [0, 0.1) is 0 Å². The van der Waals surface area contributed by atoms with Gasteiger partial charge in [-0.15, -0.1) is 0 Å². The minimum atomic E-state index is 0.673. The highest BCUT2D eigenvalue weighted by Crippen LogP contribution is 2.27. The van der Waals surface area contributed by atoms with E-state index in [1.807, 2.05) is 30.3 Å². The molecule has 26 heavy (non-hydrogen) atoms. The summed E-state index contributed by atoms with van der Waals surface area (Å²) in [4.78, 5) is 19.1. The van der Waals surface area contributed by atoms with Crippen LogP contribution in [0.25, 0.3) is 11.2 Å². The van der Waals surface area contributed by atoms with Gasteiger partial charge in [0.2, 0.25) is 5.95 Å². The van der Waals surface area contributed by atoms with Gasteiger partial charge in [-0.1, -0.05) is 42.5 Å². The van der Waals surface area contributed by atoms with Gasteiger partial charge in [-0.3, -0.25) is 0 Å². The lowest BCUT2D eigenvalue weighted by atomic mass is 10.0. The van der Waals surface area contributed by atoms with E-state index in [1.165, 1.54) is 11.1 Å². The Hall–Kier alpha value is -3.41. The quantitative estimate of drug-likeness (QED) is 0.595. The predicted octanol–water partition coefficient (Wildman–Crippen LogP) is 3.66. The SMILES string of the molecule is c1ccc(Nc2ncnc3nc(N4CCc5ccccc5C4)[nH]c23)cc1. The fourth-order valence-corrected chi connectivity index (χ4v) is 3.40. The van der Waals surface area contributed by atoms with Crippen LogP contribution in [0.2, 0.25) is 0 Å². The first-order chi connectivity index (χ1) is 12.9. The van der Waals surface area contributed by atoms with Crippen LogP contribution in [0.3, 0.4) is 0 Å². The Balaban J connectivity index is 1.48. The number of fused-ring (bicyclic) bond motifs is 2. The van der Waals surface area contributed by atoms with Gasteiger partial charge in [0.15, 0.2) is 11.5 Å². The molecule has 6 nitrogen and oxygen atoms in total. The van der Waals surface area contributed by atoms with E-state index in [0.717, 1.165) is 42.5 Å². The number of imidazole rings is 1. The molecule has 0 saturated carbocycles. The molecule has 4 aromatic rings. The van der Waals surface area contributed by atoms with Crippen molar-refractivity contribution in [1.29, 1.82) is 0 Å². The summed E-state index contributed by atoms with van der Waals surface area (Å²) in [6, 6.07) is 18.6. The lowest BCUT2D eigenvalue weighted by Gasteiger charge is -2.28. The van der Waals surface area contributed by atoms with Crippen molar-refractivity contribution in [2.45, 2.75) is 13.0 Å². The second-order valence-corrected chi connectivity index (χ2v) is 6.41. The van der Waals surface area contributed by atoms with Crippen molar-refractivity contribution in [1.82, 2.24) is 19.9 Å². The molecular formula is C20H18N6. The molecule has 0 bridgehead atoms. The summed E-state index contributed by atoms with van der Waals surface area (Å²) >= 11 is 0. The van der Waals surface area contributed by atoms with Gasteiger partial charge in [0.25, 0.3) is 0 Å². The van der Waals surface area contributed by atoms with Crippen molar-refractivity contribution in [2.24, 2.45) is 0 Å². The standard InChI is InChI=1S/C20H18N6/c1-2-8-16(9-3-1)23-18-17-19(22-13-21-18)25-20(24-17)26-11-10-14-6-4-5-7-15(14)12-26/h1-9,13H,10-12H2,(H2,21,22,23,24,25). The number of H-pyrrole nitrogens is 1. The van der Waals surface area contributed by atoms with Crippen molar-refractivity contribution < 1.29 is 0 Å². The molecule has 2 N–H and O–H groups in total. The summed E-state index contributed by atoms with van der Waals surface area (Å²) in [5.41, 5.74) is 5.26. The van der Waals surface area contributed by atoms with E-state index in [-0.39, 0.29) is 0 Å². The molecule has 0 radical (unpaired) electrons. The Morgan fingerprint density at radius 3 is 2.62 bits per heavy atom. The molecule has 0 fully saturated rings. The van der Waals surface area contributed by atoms with Crippen LogP contribution in [0.4, 0.5) is 17.5 Å². The van der Waals surface area contributed by atoms with Crippen LogP contribution in [-0.2, 0) is 13.0 Å². The molecule has 128 valence electrons. The van der Waals surface area contributed by atoms with Gasteiger partial charge in [-0.05, 0) is 29.7 Å². The number of aromatic nitrogens is 4. The number of hydrogen-bond donors (Lipinski definition) is 2. The Morgan fingerprint density at radius 2 is 1.73 bits per heavy atom. The predicted molar refractivity (Wildman–Crippen MR) is 103 cm³/mol. The Labute approximate surface area is 150 Å². The van der Waals surface area contributed by atoms with Gasteiger partial charge in [0.05, 0.1) is 0 Å². The normalized spacial score (nSPS) is 13.6. The highest BCUT2D eigenvalue weighted by Gasteiger charge is 2.20. The summed E-state index contributed by atoms with van der Waals surface area (Å²) in [6.07, 6.45) is 2.57. The third-order valence-electron chi connectivity index (χ3n) is 4.74. The van der Waals surface area contributed by atoms with Gasteiger partial charge >= 0.3 is 0 Å². The summed E-state index contributed by atoms with van der Waals surface area (Å²) in [6.45, 7) is 1.79. The molecule has 6 heteroatoms. The van der Waals surface area contributed by atoms with Gasteiger partial charge in [0.1, 0.15) is 11.8 Å². The lowest BCUT2D eigenvalue weighted by molar-refractivity contribution is 0.714. The first-order valence-corrected chi connectivity index (χ1v) is 8.71. The van der Waals surface area contributed by atoms with Crippen molar-refractivity contribution in [3.63, 3.8) is 0 Å². The van der Waals surface area contributed by atoms with Crippen LogP contribution in [0.1, 0.15) is 11.1 Å². The van der Waals surface area contributed by atoms with E-state index < -0.39 is 0 Å². The molecule has 0 saturated heterocycles. The van der Waals surface area contributed by atoms with Crippen molar-refractivity contribution in [3.8, 4) is 0 Å². The van der Waals surface area contributed by atoms with E-state index >= 15 is 0 Å². The highest BCUT2D eigenvalue weighted by atomic mass is 15.3. The first kappa shape index (κ1) is 14.9. The number of anilines is 3. The molecule has 1 aliphatic rings. The molecule has 2 aromatic carbocycles. The van der Waals surface area contributed by atoms with Crippen LogP contribution >= 0.6 is 0 Å². The maximum atomic E-state index is 4.69. The highest BCUT2D eigenvalue weighted by molar-refractivity contribution is 5.86. The number of rotatable bonds is 3. The fraction of sp³-hybridized carbons (Fsp3) is 0.150. The average Bonchev–Trinajstić information content (AvgIpc) is 3.14. The second-order valence-electron chi connectivity index (χ2n) is 6.41. The molecule has 0 amide bonds. The zero-order chi connectivity index (χ0) is 17.3. The van der Waals surface area contributed by atoms with Gasteiger partial charge in [-0.2, -0.15) is 4.98 Å². The zero-order valence-electron chi connectivity index (χ0n) is 14.2. The van der Waals surface area contributed by atoms with Crippen molar-refractivity contribution >= 4 is 28.6 Å². The van der Waals surface area contributed by atoms with Crippen molar-refractivity contribution in [2.75, 3.05) is 16.8 Å². The van der Waals surface area contributed by atoms with Crippen LogP contribution in [0.15, 0.2) is 60.9 Å². The number of hydrogen-bond acceptors (Lipinski definition) is 5. The molecular weight excluding hydrogens is 324 g/mol. The molecule has 0 atom stereocenters. The monoisotopic (exact) mass is 342 g/mol. The molecule has 1 aliphatic heterocycles. The molecule has 0 aliphatic carbocycles. The molecule has 0 unspecified atom stereocenters. The summed E-state index contributed by atoms with van der Waals surface area (Å²) in [7, 11) is 0. The van der Waals surface area contributed by atoms with Gasteiger partial charge < -0.3 is 15.2 Å². The summed E-state index contributed by atoms with van der Waals surface area (Å²) in [5.74, 6) is 1.57. The van der Waals surface area contributed by atoms with E-state index in [2.05, 4.69) is 49.4 Å². The number of nitrogens with zero attached hydrogens (tertiary/aromatic N) is 4. The van der Waals surface area contributed by atoms with E-state index in [1.54, 1.807) is 6.33 Å². The summed E-state index contributed by atoms with van der Waals surface area (Å²) in [5, 5.41) is 3.34. The zero-order valence-corrected chi connectivity index (χ0v) is 14.2. The first-order valence-electron chi connectivity index (χ1n) is 8.71. The second kappa shape index (κ2) is 6.15. The van der Waals surface area contributed by atoms with E-state index in [0.29, 0.717) is 5.65 Å². The maximum absolute atomic E-state index is 4.69. The number of aromatic amines is 1. The largest absolute Gasteiger partial charge is 0.338 e. The lowest BCUT2D eigenvalue weighted by Crippen LogP contribution is -2.31. The smallest absolute Gasteiger partial charge is 0.205 e. The van der Waals surface area contributed by atoms with Gasteiger partial charge in [0, 0.05) is 18.8 Å². The Bertz CT molecular complexity index is 1060. The minimum Gasteiger partial charge on any atom is -0.338 e. The number of nitrogens with one attached hydrogen (secondary N) is 2. The average molecular weight is 342 g/mol. The third-order valence-corrected chi connectivity index (χ3v) is 4.74. The number of para-hydroxylation sites is 1. The molecule has 0 spiro atoms. The van der Waals surface area contributed by atoms with Crippen molar-refractivity contribution in [3.05, 3.63) is 72.1 Å². The van der Waals surface area contributed by atoms with Crippen LogP contribution in [0.5, 0.6) is 0 Å². The number of benzene rings is 2. The summed E-state index contributed by atoms with van der Waals surface area (Å²) < 4.78 is 0. The topological polar surface area (TPSA) is 69.7 Å². The molecule has 2 aromatic heterocycles. The molecule has 3 heterocycles. The maximum Gasteiger partial charge on any atom is 0.205 e. The third kappa shape index (κ3) is 2.65. The minimum absolute atomic E-state index is 0.673. The fourth-order valence-electron chi connectivity index (χ4n) is 3.40. The van der Waals surface area contributed by atoms with Gasteiger partial charge in [-0.25, -0.2) is 9.97 Å². The van der Waals surface area contributed by atoms with Crippen LogP contribution in [-0.4, -0.2) is 26.5 Å². The Kier molecular flexibility index (Phi) is 3.52. The van der Waals surface area contributed by atoms with Crippen LogP contribution < -0.4 is 10.2 Å². The van der Waals surface area contributed by atoms with E-state index in [4.69, 9.17) is 4.98 Å².